The molecule has 0 aliphatic carbocycles. The van der Waals surface area contributed by atoms with Gasteiger partial charge in [-0.05, 0) is 30.7 Å². The maximum atomic E-state index is 4.53. The van der Waals surface area contributed by atoms with Crippen molar-refractivity contribution in [3.8, 4) is 11.1 Å². The molecule has 1 atom stereocenters. The maximum Gasteiger partial charge on any atom is 0.134 e. The molecule has 0 amide bonds. The van der Waals surface area contributed by atoms with Crippen LogP contribution in [0.1, 0.15) is 12.5 Å². The molecule has 1 aliphatic rings. The highest BCUT2D eigenvalue weighted by molar-refractivity contribution is 5.63. The van der Waals surface area contributed by atoms with Crippen LogP contribution in [-0.2, 0) is 6.54 Å². The van der Waals surface area contributed by atoms with Crippen molar-refractivity contribution in [1.29, 1.82) is 0 Å². The third-order valence-electron chi connectivity index (χ3n) is 5.79. The topological polar surface area (TPSA) is 35.5 Å². The number of benzene rings is 2. The predicted molar refractivity (Wildman–Crippen MR) is 120 cm³/mol. The molecule has 1 aromatic heterocycles. The average Bonchev–Trinajstić information content (AvgIpc) is 2.77. The zero-order chi connectivity index (χ0) is 20.2. The number of rotatable bonds is 5. The van der Waals surface area contributed by atoms with Crippen LogP contribution in [0.15, 0.2) is 67.0 Å². The van der Waals surface area contributed by atoms with Crippen molar-refractivity contribution in [3.05, 3.63) is 72.6 Å². The first-order valence-electron chi connectivity index (χ1n) is 10.2. The summed E-state index contributed by atoms with van der Waals surface area (Å²) in [5, 5.41) is 0. The van der Waals surface area contributed by atoms with E-state index in [-0.39, 0.29) is 0 Å². The van der Waals surface area contributed by atoms with E-state index in [0.717, 1.165) is 37.8 Å². The van der Waals surface area contributed by atoms with Crippen molar-refractivity contribution in [3.63, 3.8) is 0 Å². The van der Waals surface area contributed by atoms with Crippen molar-refractivity contribution in [1.82, 2.24) is 14.9 Å². The van der Waals surface area contributed by atoms with Crippen molar-refractivity contribution >= 4 is 11.6 Å². The van der Waals surface area contributed by atoms with Crippen LogP contribution < -0.4 is 9.80 Å². The molecule has 0 bridgehead atoms. The van der Waals surface area contributed by atoms with E-state index < -0.39 is 0 Å². The lowest BCUT2D eigenvalue weighted by atomic mass is 10.0. The average molecular weight is 388 g/mol. The van der Waals surface area contributed by atoms with Crippen LogP contribution >= 0.6 is 0 Å². The normalized spacial score (nSPS) is 17.3. The molecular formula is C24H29N5. The third-order valence-corrected chi connectivity index (χ3v) is 5.79. The van der Waals surface area contributed by atoms with Gasteiger partial charge < -0.3 is 14.7 Å². The zero-order valence-corrected chi connectivity index (χ0v) is 17.5. The van der Waals surface area contributed by atoms with E-state index in [0.29, 0.717) is 6.04 Å². The smallest absolute Gasteiger partial charge is 0.134 e. The van der Waals surface area contributed by atoms with E-state index in [9.17, 15) is 0 Å². The monoisotopic (exact) mass is 387 g/mol. The molecule has 5 heteroatoms. The second-order valence-electron chi connectivity index (χ2n) is 7.93. The van der Waals surface area contributed by atoms with Gasteiger partial charge >= 0.3 is 0 Å². The Hall–Kier alpha value is -2.92. The first kappa shape index (κ1) is 19.4. The zero-order valence-electron chi connectivity index (χ0n) is 17.5. The van der Waals surface area contributed by atoms with E-state index in [1.54, 1.807) is 6.33 Å². The van der Waals surface area contributed by atoms with Crippen molar-refractivity contribution in [2.24, 2.45) is 0 Å². The Morgan fingerprint density at radius 3 is 2.41 bits per heavy atom. The molecule has 0 radical (unpaired) electrons. The number of hydrogen-bond acceptors (Lipinski definition) is 5. The van der Waals surface area contributed by atoms with Crippen LogP contribution in [0.5, 0.6) is 0 Å². The quantitative estimate of drug-likeness (QED) is 0.663. The van der Waals surface area contributed by atoms with Gasteiger partial charge in [-0.25, -0.2) is 9.97 Å². The van der Waals surface area contributed by atoms with Gasteiger partial charge in [0.25, 0.3) is 0 Å². The Morgan fingerprint density at radius 2 is 1.69 bits per heavy atom. The third kappa shape index (κ3) is 4.57. The first-order chi connectivity index (χ1) is 14.1. The second kappa shape index (κ2) is 8.62. The lowest BCUT2D eigenvalue weighted by Crippen LogP contribution is -2.50. The number of likely N-dealkylation sites (N-methyl/N-ethyl adjacent to an activating group) is 1. The minimum absolute atomic E-state index is 0.531. The molecule has 1 fully saturated rings. The molecule has 0 saturated carbocycles. The first-order valence-corrected chi connectivity index (χ1v) is 10.2. The van der Waals surface area contributed by atoms with Crippen LogP contribution in [0.4, 0.5) is 11.6 Å². The van der Waals surface area contributed by atoms with Crippen LogP contribution in [0.2, 0.25) is 0 Å². The molecule has 1 saturated heterocycles. The molecule has 0 spiro atoms. The second-order valence-corrected chi connectivity index (χ2v) is 7.93. The minimum atomic E-state index is 0.531. The molecule has 1 aliphatic heterocycles. The summed E-state index contributed by atoms with van der Waals surface area (Å²) in [4.78, 5) is 16.0. The van der Waals surface area contributed by atoms with Gasteiger partial charge in [-0.3, -0.25) is 0 Å². The molecule has 1 unspecified atom stereocenters. The Kier molecular flexibility index (Phi) is 5.76. The fourth-order valence-electron chi connectivity index (χ4n) is 3.76. The standard InChI is InChI=1S/C24H29N5/c1-19-16-29(14-13-27(19)2)24-15-23(25-18-26-24)28(3)17-20-9-11-22(12-10-20)21-7-5-4-6-8-21/h4-12,15,18-19H,13-14,16-17H2,1-3H3. The summed E-state index contributed by atoms with van der Waals surface area (Å²) >= 11 is 0. The summed E-state index contributed by atoms with van der Waals surface area (Å²) in [7, 11) is 4.27. The van der Waals surface area contributed by atoms with E-state index in [1.165, 1.54) is 16.7 Å². The summed E-state index contributed by atoms with van der Waals surface area (Å²) in [6, 6.07) is 21.9. The van der Waals surface area contributed by atoms with E-state index in [1.807, 2.05) is 6.07 Å². The van der Waals surface area contributed by atoms with Crippen molar-refractivity contribution in [2.75, 3.05) is 43.5 Å². The van der Waals surface area contributed by atoms with Gasteiger partial charge in [0, 0.05) is 45.3 Å². The highest BCUT2D eigenvalue weighted by atomic mass is 15.3. The van der Waals surface area contributed by atoms with Crippen LogP contribution in [0.3, 0.4) is 0 Å². The van der Waals surface area contributed by atoms with Crippen LogP contribution in [0.25, 0.3) is 11.1 Å². The summed E-state index contributed by atoms with van der Waals surface area (Å²) < 4.78 is 0. The molecule has 4 rings (SSSR count). The Morgan fingerprint density at radius 1 is 0.966 bits per heavy atom. The highest BCUT2D eigenvalue weighted by Crippen LogP contribution is 2.23. The lowest BCUT2D eigenvalue weighted by molar-refractivity contribution is 0.233. The van der Waals surface area contributed by atoms with Gasteiger partial charge in [0.15, 0.2) is 0 Å². The number of hydrogen-bond donors (Lipinski definition) is 0. The van der Waals surface area contributed by atoms with Crippen LogP contribution in [-0.4, -0.2) is 54.6 Å². The molecular weight excluding hydrogens is 358 g/mol. The fraction of sp³-hybridized carbons (Fsp3) is 0.333. The van der Waals surface area contributed by atoms with Crippen molar-refractivity contribution < 1.29 is 0 Å². The van der Waals surface area contributed by atoms with E-state index >= 15 is 0 Å². The summed E-state index contributed by atoms with van der Waals surface area (Å²) in [6.45, 7) is 6.13. The van der Waals surface area contributed by atoms with Crippen LogP contribution in [0, 0.1) is 0 Å². The Labute approximate surface area is 173 Å². The van der Waals surface area contributed by atoms with Gasteiger partial charge in [-0.15, -0.1) is 0 Å². The summed E-state index contributed by atoms with van der Waals surface area (Å²) in [5.41, 5.74) is 3.75. The van der Waals surface area contributed by atoms with Gasteiger partial charge in [0.2, 0.25) is 0 Å². The van der Waals surface area contributed by atoms with Gasteiger partial charge in [-0.2, -0.15) is 0 Å². The predicted octanol–water partition coefficient (Wildman–Crippen LogP) is 3.92. The number of nitrogens with zero attached hydrogens (tertiary/aromatic N) is 5. The number of aromatic nitrogens is 2. The number of anilines is 2. The van der Waals surface area contributed by atoms with E-state index in [4.69, 9.17) is 0 Å². The Balaban J connectivity index is 1.44. The SMILES string of the molecule is CC1CN(c2cc(N(C)Cc3ccc(-c4ccccc4)cc3)ncn2)CCN1C. The molecule has 2 heterocycles. The lowest BCUT2D eigenvalue weighted by Gasteiger charge is -2.38. The van der Waals surface area contributed by atoms with Gasteiger partial charge in [0.05, 0.1) is 0 Å². The molecule has 29 heavy (non-hydrogen) atoms. The van der Waals surface area contributed by atoms with E-state index in [2.05, 4.69) is 100 Å². The molecule has 5 nitrogen and oxygen atoms in total. The minimum Gasteiger partial charge on any atom is -0.355 e. The summed E-state index contributed by atoms with van der Waals surface area (Å²) in [6.07, 6.45) is 1.68. The molecule has 0 N–H and O–H groups in total. The fourth-order valence-corrected chi connectivity index (χ4v) is 3.76. The largest absolute Gasteiger partial charge is 0.355 e. The highest BCUT2D eigenvalue weighted by Gasteiger charge is 2.22. The molecule has 150 valence electrons. The van der Waals surface area contributed by atoms with Gasteiger partial charge in [-0.1, -0.05) is 54.6 Å². The van der Waals surface area contributed by atoms with Gasteiger partial charge in [0.1, 0.15) is 18.0 Å². The Bertz CT molecular complexity index is 926. The summed E-state index contributed by atoms with van der Waals surface area (Å²) in [5.74, 6) is 1.97. The maximum absolute atomic E-state index is 4.53. The number of piperazine rings is 1. The van der Waals surface area contributed by atoms with Crippen molar-refractivity contribution in [2.45, 2.75) is 19.5 Å². The molecule has 3 aromatic rings. The molecule has 2 aromatic carbocycles.